The van der Waals surface area contributed by atoms with E-state index in [2.05, 4.69) is 17.0 Å². The van der Waals surface area contributed by atoms with Gasteiger partial charge >= 0.3 is 0 Å². The average Bonchev–Trinajstić information content (AvgIpc) is 3.07. The molecule has 0 amide bonds. The number of thioether (sulfide) groups is 1. The van der Waals surface area contributed by atoms with Crippen molar-refractivity contribution in [3.05, 3.63) is 17.0 Å². The van der Waals surface area contributed by atoms with Crippen LogP contribution in [0.3, 0.4) is 0 Å². The summed E-state index contributed by atoms with van der Waals surface area (Å²) in [6, 6.07) is 3.74. The molecule has 0 radical (unpaired) electrons. The van der Waals surface area contributed by atoms with Gasteiger partial charge in [0.1, 0.15) is 4.21 Å². The molecule has 1 aromatic heterocycles. The Balaban J connectivity index is 2.02. The predicted molar refractivity (Wildman–Crippen MR) is 91.8 cm³/mol. The summed E-state index contributed by atoms with van der Waals surface area (Å²) >= 11 is 3.25. The molecule has 2 N–H and O–H groups in total. The van der Waals surface area contributed by atoms with Gasteiger partial charge in [-0.1, -0.05) is 13.3 Å². The van der Waals surface area contributed by atoms with Crippen molar-refractivity contribution >= 4 is 33.1 Å². The number of thiophene rings is 1. The van der Waals surface area contributed by atoms with Crippen molar-refractivity contribution in [3.8, 4) is 0 Å². The highest BCUT2D eigenvalue weighted by molar-refractivity contribution is 8.00. The number of hydrogen-bond acceptors (Lipinski definition) is 5. The molecule has 1 saturated carbocycles. The van der Waals surface area contributed by atoms with Gasteiger partial charge in [0.25, 0.3) is 0 Å². The molecule has 1 aromatic rings. The maximum atomic E-state index is 12.5. The maximum absolute atomic E-state index is 12.5. The van der Waals surface area contributed by atoms with Crippen LogP contribution in [0.1, 0.15) is 31.1 Å². The third-order valence-electron chi connectivity index (χ3n) is 3.66. The Labute approximate surface area is 136 Å². The van der Waals surface area contributed by atoms with Gasteiger partial charge in [-0.2, -0.15) is 11.8 Å². The fraction of sp³-hybridized carbons (Fsp3) is 0.714. The van der Waals surface area contributed by atoms with E-state index in [4.69, 9.17) is 0 Å². The van der Waals surface area contributed by atoms with Crippen LogP contribution >= 0.6 is 23.1 Å². The molecule has 0 bridgehead atoms. The van der Waals surface area contributed by atoms with E-state index in [1.807, 2.05) is 24.9 Å². The van der Waals surface area contributed by atoms with Gasteiger partial charge in [-0.05, 0) is 50.7 Å². The monoisotopic (exact) mass is 348 g/mol. The van der Waals surface area contributed by atoms with E-state index in [1.165, 1.54) is 11.3 Å². The molecule has 0 saturated heterocycles. The normalized spacial score (nSPS) is 22.8. The van der Waals surface area contributed by atoms with Crippen LogP contribution in [0.2, 0.25) is 0 Å². The van der Waals surface area contributed by atoms with Crippen LogP contribution in [0.25, 0.3) is 0 Å². The average molecular weight is 349 g/mol. The van der Waals surface area contributed by atoms with E-state index in [9.17, 15) is 8.42 Å². The second kappa shape index (κ2) is 7.97. The lowest BCUT2D eigenvalue weighted by Gasteiger charge is -2.19. The molecule has 2 unspecified atom stereocenters. The van der Waals surface area contributed by atoms with Crippen LogP contribution in [-0.4, -0.2) is 39.1 Å². The van der Waals surface area contributed by atoms with Crippen molar-refractivity contribution in [1.82, 2.24) is 10.0 Å². The van der Waals surface area contributed by atoms with Crippen molar-refractivity contribution in [1.29, 1.82) is 0 Å². The number of sulfonamides is 1. The van der Waals surface area contributed by atoms with Gasteiger partial charge in [0, 0.05) is 16.2 Å². The van der Waals surface area contributed by atoms with Crippen LogP contribution in [0.15, 0.2) is 16.3 Å². The number of likely N-dealkylation sites (N-methyl/N-ethyl adjacent to an activating group) is 1. The molecule has 0 aliphatic heterocycles. The number of hydrogen-bond donors (Lipinski definition) is 2. The maximum Gasteiger partial charge on any atom is 0.250 e. The summed E-state index contributed by atoms with van der Waals surface area (Å²) in [5, 5.41) is 3.51. The molecule has 4 nitrogen and oxygen atoms in total. The summed E-state index contributed by atoms with van der Waals surface area (Å²) < 4.78 is 28.4. The lowest BCUT2D eigenvalue weighted by atomic mass is 10.3. The first-order chi connectivity index (χ1) is 10.1. The Morgan fingerprint density at radius 2 is 2.19 bits per heavy atom. The van der Waals surface area contributed by atoms with Crippen molar-refractivity contribution in [2.24, 2.45) is 0 Å². The summed E-state index contributed by atoms with van der Waals surface area (Å²) in [7, 11) is -1.46. The number of rotatable bonds is 8. The van der Waals surface area contributed by atoms with E-state index >= 15 is 0 Å². The first-order valence-corrected chi connectivity index (χ1v) is 10.8. The van der Waals surface area contributed by atoms with Crippen molar-refractivity contribution < 1.29 is 8.42 Å². The standard InChI is InChI=1S/C14H24N2O2S3/c1-3-19-13-6-4-5-12(13)16-21(17,18)14-8-7-11(20-14)9-10-15-2/h7-8,12-13,15-16H,3-6,9-10H2,1-2H3. The largest absolute Gasteiger partial charge is 0.319 e. The minimum Gasteiger partial charge on any atom is -0.319 e. The predicted octanol–water partition coefficient (Wildman–Crippen LogP) is 2.46. The number of nitrogens with one attached hydrogen (secondary N) is 2. The molecule has 1 aliphatic carbocycles. The third-order valence-corrected chi connectivity index (χ3v) is 8.12. The quantitative estimate of drug-likeness (QED) is 0.758. The zero-order valence-electron chi connectivity index (χ0n) is 12.6. The molecule has 1 aliphatic rings. The van der Waals surface area contributed by atoms with Crippen LogP contribution in [0.4, 0.5) is 0 Å². The Morgan fingerprint density at radius 3 is 2.90 bits per heavy atom. The molecule has 7 heteroatoms. The Hall–Kier alpha value is -0.0800. The van der Waals surface area contributed by atoms with Crippen LogP contribution in [-0.2, 0) is 16.4 Å². The van der Waals surface area contributed by atoms with Gasteiger partial charge in [0.05, 0.1) is 0 Å². The lowest BCUT2D eigenvalue weighted by molar-refractivity contribution is 0.557. The summed E-state index contributed by atoms with van der Waals surface area (Å²) in [6.07, 6.45) is 4.05. The highest BCUT2D eigenvalue weighted by Gasteiger charge is 2.31. The minimum absolute atomic E-state index is 0.0859. The van der Waals surface area contributed by atoms with Crippen LogP contribution in [0.5, 0.6) is 0 Å². The molecular formula is C14H24N2O2S3. The van der Waals surface area contributed by atoms with Gasteiger partial charge in [-0.15, -0.1) is 11.3 Å². The molecule has 1 heterocycles. The zero-order chi connectivity index (χ0) is 15.3. The van der Waals surface area contributed by atoms with Gasteiger partial charge in [0.15, 0.2) is 0 Å². The fourth-order valence-corrected chi connectivity index (χ4v) is 6.58. The molecular weight excluding hydrogens is 324 g/mol. The Kier molecular flexibility index (Phi) is 6.55. The van der Waals surface area contributed by atoms with Gasteiger partial charge < -0.3 is 5.32 Å². The lowest BCUT2D eigenvalue weighted by Crippen LogP contribution is -2.38. The molecule has 0 spiro atoms. The van der Waals surface area contributed by atoms with Gasteiger partial charge in [-0.3, -0.25) is 0 Å². The smallest absolute Gasteiger partial charge is 0.250 e. The Morgan fingerprint density at radius 1 is 1.38 bits per heavy atom. The molecule has 0 aromatic carbocycles. The van der Waals surface area contributed by atoms with E-state index in [0.29, 0.717) is 9.46 Å². The first kappa shape index (κ1) is 17.3. The molecule has 120 valence electrons. The Bertz CT molecular complexity index is 542. The summed E-state index contributed by atoms with van der Waals surface area (Å²) in [4.78, 5) is 1.11. The van der Waals surface area contributed by atoms with E-state index in [1.54, 1.807) is 6.07 Å². The zero-order valence-corrected chi connectivity index (χ0v) is 15.0. The van der Waals surface area contributed by atoms with E-state index in [-0.39, 0.29) is 6.04 Å². The van der Waals surface area contributed by atoms with Crippen molar-refractivity contribution in [3.63, 3.8) is 0 Å². The summed E-state index contributed by atoms with van der Waals surface area (Å²) in [6.45, 7) is 2.99. The summed E-state index contributed by atoms with van der Waals surface area (Å²) in [5.41, 5.74) is 0. The molecule has 2 atom stereocenters. The SMILES string of the molecule is CCSC1CCCC1NS(=O)(=O)c1ccc(CCNC)s1. The fourth-order valence-electron chi connectivity index (χ4n) is 2.62. The van der Waals surface area contributed by atoms with E-state index in [0.717, 1.165) is 42.9 Å². The van der Waals surface area contributed by atoms with Crippen LogP contribution < -0.4 is 10.0 Å². The highest BCUT2D eigenvalue weighted by atomic mass is 32.2. The van der Waals surface area contributed by atoms with Gasteiger partial charge in [-0.25, -0.2) is 13.1 Å². The minimum atomic E-state index is -3.36. The van der Waals surface area contributed by atoms with Crippen LogP contribution in [0, 0.1) is 0 Å². The van der Waals surface area contributed by atoms with Gasteiger partial charge in [0.2, 0.25) is 10.0 Å². The third kappa shape index (κ3) is 4.69. The molecule has 21 heavy (non-hydrogen) atoms. The summed E-state index contributed by atoms with van der Waals surface area (Å²) in [5.74, 6) is 1.04. The topological polar surface area (TPSA) is 58.2 Å². The van der Waals surface area contributed by atoms with E-state index < -0.39 is 10.0 Å². The molecule has 2 rings (SSSR count). The molecule has 1 fully saturated rings. The van der Waals surface area contributed by atoms with Crippen molar-refractivity contribution in [2.75, 3.05) is 19.3 Å². The second-order valence-corrected chi connectivity index (χ2v) is 9.85. The van der Waals surface area contributed by atoms with Crippen molar-refractivity contribution in [2.45, 2.75) is 48.1 Å². The first-order valence-electron chi connectivity index (χ1n) is 7.44. The second-order valence-electron chi connectivity index (χ2n) is 5.23. The highest BCUT2D eigenvalue weighted by Crippen LogP contribution is 2.31.